The van der Waals surface area contributed by atoms with Crippen LogP contribution >= 0.6 is 11.8 Å². The van der Waals surface area contributed by atoms with Crippen molar-refractivity contribution in [3.63, 3.8) is 0 Å². The molecule has 0 radical (unpaired) electrons. The quantitative estimate of drug-likeness (QED) is 0.764. The molecule has 1 heterocycles. The van der Waals surface area contributed by atoms with Crippen LogP contribution in [0.3, 0.4) is 0 Å². The minimum Gasteiger partial charge on any atom is -0.349 e. The molecule has 0 saturated heterocycles. The Labute approximate surface area is 161 Å². The maximum absolute atomic E-state index is 13.8. The lowest BCUT2D eigenvalue weighted by molar-refractivity contribution is -0.112. The second-order valence-corrected chi connectivity index (χ2v) is 7.84. The lowest BCUT2D eigenvalue weighted by atomic mass is 10.1. The standard InChI is InChI=1S/C21H19FN2O2S/c22-16-8-4-1-5-13(16)12-19-21(26)24-17-11-14(9-10-18(17)27-19)20(25)23-15-6-2-3-7-15/h1,4-5,8-12,15H,2-3,6-7H2,(H,23,25)(H,24,26). The van der Waals surface area contributed by atoms with Crippen LogP contribution in [-0.2, 0) is 4.79 Å². The van der Waals surface area contributed by atoms with E-state index in [9.17, 15) is 14.0 Å². The van der Waals surface area contributed by atoms with Crippen LogP contribution in [0.4, 0.5) is 10.1 Å². The lowest BCUT2D eigenvalue weighted by Crippen LogP contribution is -2.32. The summed E-state index contributed by atoms with van der Waals surface area (Å²) < 4.78 is 13.8. The number of rotatable bonds is 3. The van der Waals surface area contributed by atoms with E-state index in [4.69, 9.17) is 0 Å². The van der Waals surface area contributed by atoms with Gasteiger partial charge in [0.05, 0.1) is 10.6 Å². The molecule has 27 heavy (non-hydrogen) atoms. The highest BCUT2D eigenvalue weighted by molar-refractivity contribution is 8.04. The smallest absolute Gasteiger partial charge is 0.262 e. The summed E-state index contributed by atoms with van der Waals surface area (Å²) in [6.45, 7) is 0. The Hall–Kier alpha value is -2.60. The van der Waals surface area contributed by atoms with Crippen molar-refractivity contribution in [1.29, 1.82) is 0 Å². The normalized spacial score (nSPS) is 18.3. The van der Waals surface area contributed by atoms with Crippen molar-refractivity contribution in [2.45, 2.75) is 36.6 Å². The summed E-state index contributed by atoms with van der Waals surface area (Å²) in [7, 11) is 0. The molecular formula is C21H19FN2O2S. The molecule has 0 atom stereocenters. The zero-order valence-corrected chi connectivity index (χ0v) is 15.4. The van der Waals surface area contributed by atoms with Gasteiger partial charge in [-0.15, -0.1) is 0 Å². The summed E-state index contributed by atoms with van der Waals surface area (Å²) in [6, 6.07) is 11.8. The molecular weight excluding hydrogens is 363 g/mol. The molecule has 2 amide bonds. The van der Waals surface area contributed by atoms with E-state index >= 15 is 0 Å². The Balaban J connectivity index is 1.54. The Morgan fingerprint density at radius 2 is 1.96 bits per heavy atom. The van der Waals surface area contributed by atoms with E-state index in [1.54, 1.807) is 36.4 Å². The Morgan fingerprint density at radius 1 is 1.19 bits per heavy atom. The van der Waals surface area contributed by atoms with Crippen molar-refractivity contribution in [2.24, 2.45) is 0 Å². The number of halogens is 1. The van der Waals surface area contributed by atoms with E-state index in [0.29, 0.717) is 21.7 Å². The summed E-state index contributed by atoms with van der Waals surface area (Å²) in [5.74, 6) is -0.788. The zero-order valence-electron chi connectivity index (χ0n) is 14.6. The first-order chi connectivity index (χ1) is 13.1. The molecule has 138 valence electrons. The van der Waals surface area contributed by atoms with Crippen LogP contribution in [0.2, 0.25) is 0 Å². The Kier molecular flexibility index (Phi) is 4.99. The number of amides is 2. The molecule has 4 nitrogen and oxygen atoms in total. The molecule has 2 aliphatic rings. The van der Waals surface area contributed by atoms with Crippen LogP contribution < -0.4 is 10.6 Å². The summed E-state index contributed by atoms with van der Waals surface area (Å²) in [5.41, 5.74) is 1.50. The number of carbonyl (C=O) groups excluding carboxylic acids is 2. The number of nitrogens with one attached hydrogen (secondary N) is 2. The molecule has 6 heteroatoms. The van der Waals surface area contributed by atoms with Gasteiger partial charge in [-0.05, 0) is 43.2 Å². The SMILES string of the molecule is O=C1Nc2cc(C(=O)NC3CCCC3)ccc2SC1=Cc1ccccc1F. The number of thioether (sulfide) groups is 1. The van der Waals surface area contributed by atoms with Crippen LogP contribution in [0.1, 0.15) is 41.6 Å². The van der Waals surface area contributed by atoms with Gasteiger partial charge in [-0.25, -0.2) is 4.39 Å². The molecule has 0 unspecified atom stereocenters. The summed E-state index contributed by atoms with van der Waals surface area (Å²) in [5, 5.41) is 5.86. The van der Waals surface area contributed by atoms with Gasteiger partial charge in [-0.2, -0.15) is 0 Å². The molecule has 0 bridgehead atoms. The predicted octanol–water partition coefficient (Wildman–Crippen LogP) is 4.58. The number of benzene rings is 2. The third kappa shape index (κ3) is 3.90. The highest BCUT2D eigenvalue weighted by Crippen LogP contribution is 2.39. The number of hydrogen-bond donors (Lipinski definition) is 2. The van der Waals surface area contributed by atoms with Crippen molar-refractivity contribution in [3.05, 3.63) is 64.3 Å². The molecule has 1 fully saturated rings. The number of fused-ring (bicyclic) bond motifs is 1. The van der Waals surface area contributed by atoms with Crippen LogP contribution in [0, 0.1) is 5.82 Å². The number of carbonyl (C=O) groups is 2. The van der Waals surface area contributed by atoms with Crippen LogP contribution in [-0.4, -0.2) is 17.9 Å². The fourth-order valence-electron chi connectivity index (χ4n) is 3.37. The van der Waals surface area contributed by atoms with Crippen molar-refractivity contribution in [3.8, 4) is 0 Å². The lowest BCUT2D eigenvalue weighted by Gasteiger charge is -2.20. The third-order valence-electron chi connectivity index (χ3n) is 4.82. The van der Waals surface area contributed by atoms with Gasteiger partial charge < -0.3 is 10.6 Å². The first kappa shape index (κ1) is 17.8. The molecule has 2 aromatic carbocycles. The predicted molar refractivity (Wildman–Crippen MR) is 105 cm³/mol. The minimum atomic E-state index is -0.372. The van der Waals surface area contributed by atoms with Gasteiger partial charge in [-0.3, -0.25) is 9.59 Å². The van der Waals surface area contributed by atoms with Gasteiger partial charge in [0.25, 0.3) is 11.8 Å². The maximum atomic E-state index is 13.8. The van der Waals surface area contributed by atoms with E-state index in [1.807, 2.05) is 6.07 Å². The monoisotopic (exact) mass is 382 g/mol. The van der Waals surface area contributed by atoms with Gasteiger partial charge in [-0.1, -0.05) is 42.8 Å². The Morgan fingerprint density at radius 3 is 2.74 bits per heavy atom. The summed E-state index contributed by atoms with van der Waals surface area (Å²) in [4.78, 5) is 26.1. The first-order valence-electron chi connectivity index (χ1n) is 9.00. The molecule has 0 spiro atoms. The molecule has 2 N–H and O–H groups in total. The topological polar surface area (TPSA) is 58.2 Å². The highest BCUT2D eigenvalue weighted by atomic mass is 32.2. The van der Waals surface area contributed by atoms with Crippen LogP contribution in [0.25, 0.3) is 6.08 Å². The van der Waals surface area contributed by atoms with Gasteiger partial charge >= 0.3 is 0 Å². The average Bonchev–Trinajstić information content (AvgIpc) is 3.16. The molecule has 1 aliphatic heterocycles. The highest BCUT2D eigenvalue weighted by Gasteiger charge is 2.23. The average molecular weight is 382 g/mol. The van der Waals surface area contributed by atoms with Crippen LogP contribution in [0.15, 0.2) is 52.3 Å². The van der Waals surface area contributed by atoms with Gasteiger partial charge in [0.2, 0.25) is 0 Å². The van der Waals surface area contributed by atoms with Gasteiger partial charge in [0, 0.05) is 22.1 Å². The molecule has 0 aromatic heterocycles. The fourth-order valence-corrected chi connectivity index (χ4v) is 4.30. The Bertz CT molecular complexity index is 936. The zero-order chi connectivity index (χ0) is 18.8. The second-order valence-electron chi connectivity index (χ2n) is 6.75. The maximum Gasteiger partial charge on any atom is 0.262 e. The van der Waals surface area contributed by atoms with E-state index < -0.39 is 0 Å². The third-order valence-corrected chi connectivity index (χ3v) is 5.91. The summed E-state index contributed by atoms with van der Waals surface area (Å²) >= 11 is 1.27. The van der Waals surface area contributed by atoms with Crippen molar-refractivity contribution < 1.29 is 14.0 Å². The van der Waals surface area contributed by atoms with Gasteiger partial charge in [0.15, 0.2) is 0 Å². The van der Waals surface area contributed by atoms with Crippen LogP contribution in [0.5, 0.6) is 0 Å². The largest absolute Gasteiger partial charge is 0.349 e. The van der Waals surface area contributed by atoms with E-state index in [1.165, 1.54) is 17.8 Å². The minimum absolute atomic E-state index is 0.114. The van der Waals surface area contributed by atoms with E-state index in [-0.39, 0.29) is 23.7 Å². The summed E-state index contributed by atoms with van der Waals surface area (Å²) in [6.07, 6.45) is 5.89. The molecule has 1 aliphatic carbocycles. The number of hydrogen-bond acceptors (Lipinski definition) is 3. The van der Waals surface area contributed by atoms with Gasteiger partial charge in [0.1, 0.15) is 5.82 Å². The first-order valence-corrected chi connectivity index (χ1v) is 9.82. The fraction of sp³-hybridized carbons (Fsp3) is 0.238. The van der Waals surface area contributed by atoms with E-state index in [2.05, 4.69) is 10.6 Å². The molecule has 4 rings (SSSR count). The molecule has 1 saturated carbocycles. The van der Waals surface area contributed by atoms with E-state index in [0.717, 1.165) is 30.6 Å². The van der Waals surface area contributed by atoms with Crippen molar-refractivity contribution in [2.75, 3.05) is 5.32 Å². The van der Waals surface area contributed by atoms with Crippen molar-refractivity contribution in [1.82, 2.24) is 5.32 Å². The number of anilines is 1. The second kappa shape index (κ2) is 7.56. The van der Waals surface area contributed by atoms with Crippen molar-refractivity contribution >= 4 is 35.3 Å². The molecule has 2 aromatic rings.